The zero-order valence-electron chi connectivity index (χ0n) is 17.5. The van der Waals surface area contributed by atoms with E-state index in [0.29, 0.717) is 17.3 Å². The minimum atomic E-state index is -0.131. The van der Waals surface area contributed by atoms with E-state index in [1.54, 1.807) is 6.92 Å². The van der Waals surface area contributed by atoms with Gasteiger partial charge in [-0.2, -0.15) is 0 Å². The minimum absolute atomic E-state index is 0.117. The van der Waals surface area contributed by atoms with E-state index in [0.717, 1.165) is 31.1 Å². The van der Waals surface area contributed by atoms with Crippen LogP contribution in [0, 0.1) is 34.5 Å². The molecule has 4 aliphatic carbocycles. The van der Waals surface area contributed by atoms with Gasteiger partial charge in [-0.1, -0.05) is 13.8 Å². The number of rotatable bonds is 2. The van der Waals surface area contributed by atoms with Gasteiger partial charge in [-0.15, -0.1) is 0 Å². The lowest BCUT2D eigenvalue weighted by Crippen LogP contribution is -2.54. The topological polar surface area (TPSA) is 52.6 Å². The standard InChI is InChI=1S/C23H36O4/c1-14(24)26-17-9-11-22(3)16(13-17)5-6-18-19-7-8-21(27-15(2)25)23(19,4)12-10-20(18)22/h16-21H,5-13H2,1-4H3/t16-,17-,18+,19+,20+,21-,22-,23+/m0/s1. The van der Waals surface area contributed by atoms with Crippen molar-refractivity contribution in [1.29, 1.82) is 0 Å². The monoisotopic (exact) mass is 376 g/mol. The van der Waals surface area contributed by atoms with Crippen molar-refractivity contribution in [2.45, 2.75) is 97.7 Å². The summed E-state index contributed by atoms with van der Waals surface area (Å²) in [5, 5.41) is 0. The number of hydrogen-bond acceptors (Lipinski definition) is 4. The quantitative estimate of drug-likeness (QED) is 0.644. The van der Waals surface area contributed by atoms with Crippen LogP contribution >= 0.6 is 0 Å². The van der Waals surface area contributed by atoms with E-state index in [9.17, 15) is 9.59 Å². The largest absolute Gasteiger partial charge is 0.463 e. The lowest BCUT2D eigenvalue weighted by atomic mass is 9.45. The van der Waals surface area contributed by atoms with E-state index in [4.69, 9.17) is 9.47 Å². The van der Waals surface area contributed by atoms with Crippen molar-refractivity contribution in [3.05, 3.63) is 0 Å². The van der Waals surface area contributed by atoms with Crippen LogP contribution in [0.1, 0.15) is 85.5 Å². The summed E-state index contributed by atoms with van der Waals surface area (Å²) in [5.74, 6) is 2.69. The molecule has 152 valence electrons. The lowest BCUT2D eigenvalue weighted by Gasteiger charge is -2.60. The molecule has 8 atom stereocenters. The van der Waals surface area contributed by atoms with E-state index < -0.39 is 0 Å². The van der Waals surface area contributed by atoms with E-state index in [-0.39, 0.29) is 29.6 Å². The molecular formula is C23H36O4. The van der Waals surface area contributed by atoms with Crippen molar-refractivity contribution in [1.82, 2.24) is 0 Å². The Morgan fingerprint density at radius 1 is 0.778 bits per heavy atom. The molecule has 0 aromatic rings. The summed E-state index contributed by atoms with van der Waals surface area (Å²) >= 11 is 0. The third-order valence-corrected chi connectivity index (χ3v) is 9.17. The maximum atomic E-state index is 11.6. The lowest BCUT2D eigenvalue weighted by molar-refractivity contribution is -0.167. The molecule has 0 unspecified atom stereocenters. The number of ether oxygens (including phenoxy) is 2. The highest BCUT2D eigenvalue weighted by Gasteiger charge is 2.61. The van der Waals surface area contributed by atoms with Gasteiger partial charge < -0.3 is 9.47 Å². The molecule has 0 heterocycles. The first kappa shape index (κ1) is 19.3. The van der Waals surface area contributed by atoms with E-state index >= 15 is 0 Å². The van der Waals surface area contributed by atoms with Crippen molar-refractivity contribution in [3.8, 4) is 0 Å². The molecule has 0 spiro atoms. The third-order valence-electron chi connectivity index (χ3n) is 9.17. The van der Waals surface area contributed by atoms with E-state index in [2.05, 4.69) is 13.8 Å². The SMILES string of the molecule is CC(=O)O[C@H]1CC[C@@]2(C)[C@@H](CC[C@H]3[C@H]2CC[C@@]2(C)[C@@H](OC(C)=O)CC[C@H]32)C1. The highest BCUT2D eigenvalue weighted by molar-refractivity contribution is 5.66. The van der Waals surface area contributed by atoms with Crippen LogP contribution < -0.4 is 0 Å². The van der Waals surface area contributed by atoms with Crippen molar-refractivity contribution in [2.75, 3.05) is 0 Å². The molecule has 0 amide bonds. The molecule has 4 rings (SSSR count). The van der Waals surface area contributed by atoms with Crippen LogP contribution in [0.15, 0.2) is 0 Å². The van der Waals surface area contributed by atoms with Crippen LogP contribution in [0.25, 0.3) is 0 Å². The average Bonchev–Trinajstić information content (AvgIpc) is 2.91. The molecule has 0 bridgehead atoms. The van der Waals surface area contributed by atoms with Gasteiger partial charge >= 0.3 is 11.9 Å². The maximum Gasteiger partial charge on any atom is 0.302 e. The number of carbonyl (C=O) groups excluding carboxylic acids is 2. The summed E-state index contributed by atoms with van der Waals surface area (Å²) in [5.41, 5.74) is 0.561. The predicted octanol–water partition coefficient (Wildman–Crippen LogP) is 4.89. The van der Waals surface area contributed by atoms with Gasteiger partial charge in [0.1, 0.15) is 12.2 Å². The first-order valence-electron chi connectivity index (χ1n) is 11.1. The average molecular weight is 377 g/mol. The van der Waals surface area contributed by atoms with Crippen molar-refractivity contribution >= 4 is 11.9 Å². The normalized spacial score (nSPS) is 48.7. The Morgan fingerprint density at radius 2 is 1.44 bits per heavy atom. The van der Waals surface area contributed by atoms with Gasteiger partial charge in [-0.3, -0.25) is 9.59 Å². The number of esters is 2. The Bertz CT molecular complexity index is 615. The Kier molecular flexibility index (Phi) is 4.83. The molecule has 0 aromatic carbocycles. The fraction of sp³-hybridized carbons (Fsp3) is 0.913. The van der Waals surface area contributed by atoms with Crippen LogP contribution in [0.4, 0.5) is 0 Å². The fourth-order valence-electron chi connectivity index (χ4n) is 7.91. The Hall–Kier alpha value is -1.06. The minimum Gasteiger partial charge on any atom is -0.463 e. The molecule has 0 N–H and O–H groups in total. The summed E-state index contributed by atoms with van der Waals surface area (Å²) in [4.78, 5) is 23.0. The second-order valence-electron chi connectivity index (χ2n) is 10.4. The van der Waals surface area contributed by atoms with Crippen LogP contribution in [0.5, 0.6) is 0 Å². The molecule has 0 aliphatic heterocycles. The first-order chi connectivity index (χ1) is 12.7. The van der Waals surface area contributed by atoms with Gasteiger partial charge in [-0.25, -0.2) is 0 Å². The van der Waals surface area contributed by atoms with E-state index in [1.807, 2.05) is 0 Å². The first-order valence-corrected chi connectivity index (χ1v) is 11.1. The molecule has 27 heavy (non-hydrogen) atoms. The molecule has 4 nitrogen and oxygen atoms in total. The molecule has 4 heteroatoms. The fourth-order valence-corrected chi connectivity index (χ4v) is 7.91. The number of carbonyl (C=O) groups is 2. The van der Waals surface area contributed by atoms with Crippen molar-refractivity contribution in [3.63, 3.8) is 0 Å². The molecule has 4 saturated carbocycles. The smallest absolute Gasteiger partial charge is 0.302 e. The number of fused-ring (bicyclic) bond motifs is 5. The summed E-state index contributed by atoms with van der Waals surface area (Å²) in [6.45, 7) is 8.00. The molecular weight excluding hydrogens is 340 g/mol. The second kappa shape index (κ2) is 6.77. The summed E-state index contributed by atoms with van der Waals surface area (Å²) in [6, 6.07) is 0. The summed E-state index contributed by atoms with van der Waals surface area (Å²) < 4.78 is 11.3. The zero-order valence-corrected chi connectivity index (χ0v) is 17.5. The Labute approximate surface area is 163 Å². The maximum absolute atomic E-state index is 11.6. The summed E-state index contributed by atoms with van der Waals surface area (Å²) in [7, 11) is 0. The van der Waals surface area contributed by atoms with Crippen LogP contribution in [0.3, 0.4) is 0 Å². The van der Waals surface area contributed by atoms with Crippen molar-refractivity contribution < 1.29 is 19.1 Å². The van der Waals surface area contributed by atoms with Gasteiger partial charge in [0.25, 0.3) is 0 Å². The molecule has 0 radical (unpaired) electrons. The third kappa shape index (κ3) is 3.11. The van der Waals surface area contributed by atoms with Gasteiger partial charge in [0.2, 0.25) is 0 Å². The molecule has 0 aromatic heterocycles. The zero-order chi connectivity index (χ0) is 19.4. The predicted molar refractivity (Wildman–Crippen MR) is 103 cm³/mol. The van der Waals surface area contributed by atoms with Crippen LogP contribution in [0.2, 0.25) is 0 Å². The van der Waals surface area contributed by atoms with Gasteiger partial charge in [0, 0.05) is 19.3 Å². The molecule has 4 fully saturated rings. The van der Waals surface area contributed by atoms with E-state index in [1.165, 1.54) is 45.4 Å². The highest BCUT2D eigenvalue weighted by Crippen LogP contribution is 2.66. The molecule has 0 saturated heterocycles. The van der Waals surface area contributed by atoms with Gasteiger partial charge in [0.15, 0.2) is 0 Å². The molecule has 4 aliphatic rings. The van der Waals surface area contributed by atoms with Gasteiger partial charge in [-0.05, 0) is 86.9 Å². The van der Waals surface area contributed by atoms with Crippen LogP contribution in [-0.4, -0.2) is 24.1 Å². The Balaban J connectivity index is 1.51. The number of hydrogen-bond donors (Lipinski definition) is 0. The summed E-state index contributed by atoms with van der Waals surface area (Å²) in [6.07, 6.45) is 10.8. The Morgan fingerprint density at radius 3 is 2.15 bits per heavy atom. The van der Waals surface area contributed by atoms with Crippen molar-refractivity contribution in [2.24, 2.45) is 34.5 Å². The second-order valence-corrected chi connectivity index (χ2v) is 10.4. The highest BCUT2D eigenvalue weighted by atomic mass is 16.5. The van der Waals surface area contributed by atoms with Gasteiger partial charge in [0.05, 0.1) is 0 Å². The van der Waals surface area contributed by atoms with Crippen LogP contribution in [-0.2, 0) is 19.1 Å².